The van der Waals surface area contributed by atoms with Gasteiger partial charge in [-0.1, -0.05) is 42.5 Å². The summed E-state index contributed by atoms with van der Waals surface area (Å²) in [6, 6.07) is 15.3. The van der Waals surface area contributed by atoms with Crippen molar-refractivity contribution in [2.24, 2.45) is 5.92 Å². The van der Waals surface area contributed by atoms with E-state index in [1.54, 1.807) is 0 Å². The highest BCUT2D eigenvalue weighted by Crippen LogP contribution is 2.34. The van der Waals surface area contributed by atoms with E-state index in [9.17, 15) is 0 Å². The van der Waals surface area contributed by atoms with Crippen LogP contribution in [0.2, 0.25) is 0 Å². The van der Waals surface area contributed by atoms with Crippen LogP contribution in [0.15, 0.2) is 42.5 Å². The zero-order chi connectivity index (χ0) is 9.38. The summed E-state index contributed by atoms with van der Waals surface area (Å²) in [4.78, 5) is 0. The van der Waals surface area contributed by atoms with E-state index in [0.717, 1.165) is 5.92 Å². The first kappa shape index (κ1) is 8.05. The quantitative estimate of drug-likeness (QED) is 0.661. The van der Waals surface area contributed by atoms with Crippen LogP contribution in [0.4, 0.5) is 0 Å². The molecule has 0 saturated heterocycles. The summed E-state index contributed by atoms with van der Waals surface area (Å²) in [6.07, 6.45) is 5.16. The van der Waals surface area contributed by atoms with Crippen LogP contribution in [0.3, 0.4) is 0 Å². The Morgan fingerprint density at radius 2 is 1.71 bits per heavy atom. The molecule has 1 fully saturated rings. The Morgan fingerprint density at radius 3 is 2.50 bits per heavy atom. The molecule has 0 nitrogen and oxygen atoms in total. The smallest absolute Gasteiger partial charge is 0.00619 e. The number of hydrogen-bond donors (Lipinski definition) is 0. The van der Waals surface area contributed by atoms with E-state index in [-0.39, 0.29) is 0 Å². The molecule has 0 bridgehead atoms. The maximum absolute atomic E-state index is 2.40. The van der Waals surface area contributed by atoms with Crippen molar-refractivity contribution in [3.05, 3.63) is 54.4 Å². The molecule has 0 heteroatoms. The van der Waals surface area contributed by atoms with Crippen molar-refractivity contribution >= 4 is 10.8 Å². The molecule has 0 amide bonds. The second-order valence-electron chi connectivity index (χ2n) is 4.11. The van der Waals surface area contributed by atoms with E-state index in [4.69, 9.17) is 0 Å². The molecule has 0 aliphatic heterocycles. The summed E-state index contributed by atoms with van der Waals surface area (Å²) < 4.78 is 0. The Labute approximate surface area is 84.6 Å². The number of fused-ring (bicyclic) bond motifs is 1. The molecule has 14 heavy (non-hydrogen) atoms. The standard InChI is InChI=1S/C14H13/c1-2-4-14-10-12(9-11-5-6-11)7-8-13(14)3-1/h1-4,7-11H,5-6H2. The Balaban J connectivity index is 2.01. The minimum Gasteiger partial charge on any atom is -0.0616 e. The van der Waals surface area contributed by atoms with Crippen LogP contribution in [-0.4, -0.2) is 0 Å². The first-order valence-electron chi connectivity index (χ1n) is 5.25. The molecule has 1 saturated carbocycles. The minimum absolute atomic E-state index is 0.858. The first-order valence-corrected chi connectivity index (χ1v) is 5.25. The fraction of sp³-hybridized carbons (Fsp3) is 0.214. The SMILES string of the molecule is [CH](c1ccc2ccccc2c1)C1CC1. The highest BCUT2D eigenvalue weighted by atomic mass is 14.3. The molecule has 1 radical (unpaired) electrons. The van der Waals surface area contributed by atoms with Crippen molar-refractivity contribution in [3.8, 4) is 0 Å². The van der Waals surface area contributed by atoms with E-state index in [0.29, 0.717) is 0 Å². The molecule has 3 rings (SSSR count). The Kier molecular flexibility index (Phi) is 1.80. The lowest BCUT2D eigenvalue weighted by Gasteiger charge is -2.01. The maximum atomic E-state index is 2.40. The summed E-state index contributed by atoms with van der Waals surface area (Å²) >= 11 is 0. The normalized spacial score (nSPS) is 16.0. The Hall–Kier alpha value is -1.30. The average Bonchev–Trinajstić information content (AvgIpc) is 3.02. The predicted molar refractivity (Wildman–Crippen MR) is 60.1 cm³/mol. The summed E-state index contributed by atoms with van der Waals surface area (Å²) in [5.41, 5.74) is 1.38. The molecular weight excluding hydrogens is 168 g/mol. The van der Waals surface area contributed by atoms with Gasteiger partial charge in [-0.05, 0) is 41.5 Å². The van der Waals surface area contributed by atoms with Gasteiger partial charge in [0.1, 0.15) is 0 Å². The van der Waals surface area contributed by atoms with Gasteiger partial charge in [-0.2, -0.15) is 0 Å². The lowest BCUT2D eigenvalue weighted by molar-refractivity contribution is 1.03. The largest absolute Gasteiger partial charge is 0.0616 e. The van der Waals surface area contributed by atoms with Crippen molar-refractivity contribution in [2.45, 2.75) is 12.8 Å². The molecule has 1 aliphatic carbocycles. The van der Waals surface area contributed by atoms with Gasteiger partial charge in [0.15, 0.2) is 0 Å². The summed E-state index contributed by atoms with van der Waals surface area (Å²) in [6.45, 7) is 0. The van der Waals surface area contributed by atoms with E-state index >= 15 is 0 Å². The molecule has 0 aromatic heterocycles. The van der Waals surface area contributed by atoms with Gasteiger partial charge in [0, 0.05) is 0 Å². The molecule has 2 aromatic rings. The van der Waals surface area contributed by atoms with Gasteiger partial charge in [0.05, 0.1) is 0 Å². The van der Waals surface area contributed by atoms with Crippen LogP contribution in [0.1, 0.15) is 18.4 Å². The summed E-state index contributed by atoms with van der Waals surface area (Å²) in [7, 11) is 0. The molecule has 0 heterocycles. The number of rotatable bonds is 2. The van der Waals surface area contributed by atoms with Crippen molar-refractivity contribution < 1.29 is 0 Å². The fourth-order valence-corrected chi connectivity index (χ4v) is 1.85. The first-order chi connectivity index (χ1) is 6.92. The lowest BCUT2D eigenvalue weighted by Crippen LogP contribution is -1.83. The molecule has 1 aliphatic rings. The lowest BCUT2D eigenvalue weighted by atomic mass is 10.0. The minimum atomic E-state index is 0.858. The highest BCUT2D eigenvalue weighted by Gasteiger charge is 2.21. The van der Waals surface area contributed by atoms with Crippen molar-refractivity contribution in [3.63, 3.8) is 0 Å². The molecular formula is C14H13. The van der Waals surface area contributed by atoms with Gasteiger partial charge in [-0.25, -0.2) is 0 Å². The highest BCUT2D eigenvalue weighted by molar-refractivity contribution is 5.83. The second-order valence-corrected chi connectivity index (χ2v) is 4.11. The molecule has 0 spiro atoms. The molecule has 69 valence electrons. The third-order valence-corrected chi connectivity index (χ3v) is 2.82. The second kappa shape index (κ2) is 3.13. The van der Waals surface area contributed by atoms with Crippen molar-refractivity contribution in [1.82, 2.24) is 0 Å². The number of benzene rings is 2. The van der Waals surface area contributed by atoms with Crippen LogP contribution in [-0.2, 0) is 0 Å². The van der Waals surface area contributed by atoms with Crippen LogP contribution >= 0.6 is 0 Å². The van der Waals surface area contributed by atoms with Gasteiger partial charge in [0.25, 0.3) is 0 Å². The van der Waals surface area contributed by atoms with E-state index < -0.39 is 0 Å². The summed E-state index contributed by atoms with van der Waals surface area (Å²) in [5, 5.41) is 2.68. The number of hydrogen-bond acceptors (Lipinski definition) is 0. The van der Waals surface area contributed by atoms with Gasteiger partial charge in [-0.3, -0.25) is 0 Å². The average molecular weight is 181 g/mol. The Bertz CT molecular complexity index is 452. The van der Waals surface area contributed by atoms with Crippen LogP contribution in [0.5, 0.6) is 0 Å². The zero-order valence-electron chi connectivity index (χ0n) is 8.11. The third-order valence-electron chi connectivity index (χ3n) is 2.82. The third kappa shape index (κ3) is 1.52. The zero-order valence-corrected chi connectivity index (χ0v) is 8.11. The Morgan fingerprint density at radius 1 is 0.929 bits per heavy atom. The topological polar surface area (TPSA) is 0 Å². The monoisotopic (exact) mass is 181 g/mol. The van der Waals surface area contributed by atoms with Crippen LogP contribution < -0.4 is 0 Å². The molecule has 2 aromatic carbocycles. The van der Waals surface area contributed by atoms with E-state index in [2.05, 4.69) is 48.9 Å². The molecule has 0 N–H and O–H groups in total. The van der Waals surface area contributed by atoms with E-state index in [1.165, 1.54) is 29.2 Å². The van der Waals surface area contributed by atoms with Crippen LogP contribution in [0.25, 0.3) is 10.8 Å². The van der Waals surface area contributed by atoms with Crippen molar-refractivity contribution in [1.29, 1.82) is 0 Å². The molecule has 0 unspecified atom stereocenters. The van der Waals surface area contributed by atoms with Gasteiger partial charge >= 0.3 is 0 Å². The van der Waals surface area contributed by atoms with Gasteiger partial charge in [0.2, 0.25) is 0 Å². The van der Waals surface area contributed by atoms with Gasteiger partial charge < -0.3 is 0 Å². The van der Waals surface area contributed by atoms with Crippen molar-refractivity contribution in [2.75, 3.05) is 0 Å². The van der Waals surface area contributed by atoms with Gasteiger partial charge in [-0.15, -0.1) is 0 Å². The van der Waals surface area contributed by atoms with E-state index in [1.807, 2.05) is 0 Å². The fourth-order valence-electron chi connectivity index (χ4n) is 1.85. The predicted octanol–water partition coefficient (Wildman–Crippen LogP) is 3.80. The summed E-state index contributed by atoms with van der Waals surface area (Å²) in [5.74, 6) is 0.858. The molecule has 0 atom stereocenters. The maximum Gasteiger partial charge on any atom is -0.00619 e. The van der Waals surface area contributed by atoms with Crippen LogP contribution in [0, 0.1) is 12.3 Å².